The van der Waals surface area contributed by atoms with Crippen LogP contribution in [0.15, 0.2) is 46.9 Å². The van der Waals surface area contributed by atoms with Crippen LogP contribution in [0.25, 0.3) is 11.5 Å². The van der Waals surface area contributed by atoms with E-state index in [0.29, 0.717) is 11.8 Å². The molecule has 0 aliphatic carbocycles. The molecule has 1 atom stereocenters. The molecule has 0 N–H and O–H groups in total. The predicted octanol–water partition coefficient (Wildman–Crippen LogP) is 4.59. The Balaban J connectivity index is 1.41. The molecule has 7 heteroatoms. The summed E-state index contributed by atoms with van der Waals surface area (Å²) in [6.07, 6.45) is 0. The molecule has 152 valence electrons. The van der Waals surface area contributed by atoms with Crippen LogP contribution in [0.3, 0.4) is 0 Å². The number of hydrogen-bond donors (Lipinski definition) is 0. The standard InChI is InChI=1S/C22H25ClN4O2/c1-15-4-7-18(23)14-20(15)27-12-10-26(11-13-27)16(2)21-24-25-22(29-21)17-5-8-19(28-3)9-6-17/h4-9,14,16H,10-13H2,1-3H3/t16-/m0/s1. The highest BCUT2D eigenvalue weighted by atomic mass is 35.5. The second-order valence-corrected chi connectivity index (χ2v) is 7.74. The topological polar surface area (TPSA) is 54.6 Å². The van der Waals surface area contributed by atoms with E-state index in [1.54, 1.807) is 7.11 Å². The first kappa shape index (κ1) is 19.7. The molecule has 2 heterocycles. The largest absolute Gasteiger partial charge is 0.497 e. The summed E-state index contributed by atoms with van der Waals surface area (Å²) in [5.41, 5.74) is 3.35. The third-order valence-electron chi connectivity index (χ3n) is 5.51. The summed E-state index contributed by atoms with van der Waals surface area (Å²) >= 11 is 6.19. The highest BCUT2D eigenvalue weighted by Crippen LogP contribution is 2.29. The number of hydrogen-bond acceptors (Lipinski definition) is 6. The molecule has 4 rings (SSSR count). The Morgan fingerprint density at radius 2 is 1.76 bits per heavy atom. The molecule has 2 aromatic carbocycles. The lowest BCUT2D eigenvalue weighted by atomic mass is 10.1. The molecule has 1 aromatic heterocycles. The van der Waals surface area contributed by atoms with Gasteiger partial charge in [0.05, 0.1) is 13.2 Å². The van der Waals surface area contributed by atoms with Crippen molar-refractivity contribution in [1.82, 2.24) is 15.1 Å². The molecular formula is C22H25ClN4O2. The molecule has 1 saturated heterocycles. The van der Waals surface area contributed by atoms with Gasteiger partial charge in [0, 0.05) is 42.5 Å². The van der Waals surface area contributed by atoms with Gasteiger partial charge in [0.25, 0.3) is 0 Å². The summed E-state index contributed by atoms with van der Waals surface area (Å²) in [4.78, 5) is 4.77. The van der Waals surface area contributed by atoms with E-state index in [1.165, 1.54) is 11.3 Å². The third kappa shape index (κ3) is 4.23. The minimum absolute atomic E-state index is 0.0668. The van der Waals surface area contributed by atoms with Crippen molar-refractivity contribution in [2.45, 2.75) is 19.9 Å². The minimum atomic E-state index is 0.0668. The Morgan fingerprint density at radius 3 is 2.45 bits per heavy atom. The number of methoxy groups -OCH3 is 1. The number of ether oxygens (including phenoxy) is 1. The lowest BCUT2D eigenvalue weighted by Gasteiger charge is -2.38. The van der Waals surface area contributed by atoms with Crippen molar-refractivity contribution in [2.75, 3.05) is 38.2 Å². The average Bonchev–Trinajstić information content (AvgIpc) is 3.25. The lowest BCUT2D eigenvalue weighted by molar-refractivity contribution is 0.173. The molecule has 1 aliphatic rings. The van der Waals surface area contributed by atoms with Crippen LogP contribution in [0.5, 0.6) is 5.75 Å². The van der Waals surface area contributed by atoms with Crippen LogP contribution < -0.4 is 9.64 Å². The zero-order valence-corrected chi connectivity index (χ0v) is 17.7. The van der Waals surface area contributed by atoms with E-state index < -0.39 is 0 Å². The van der Waals surface area contributed by atoms with E-state index in [-0.39, 0.29) is 6.04 Å². The van der Waals surface area contributed by atoms with Crippen LogP contribution in [-0.2, 0) is 0 Å². The Labute approximate surface area is 176 Å². The molecule has 0 saturated carbocycles. The van der Waals surface area contributed by atoms with Crippen LogP contribution in [0.4, 0.5) is 5.69 Å². The molecule has 3 aromatic rings. The maximum atomic E-state index is 6.19. The minimum Gasteiger partial charge on any atom is -0.497 e. The maximum Gasteiger partial charge on any atom is 0.247 e. The van der Waals surface area contributed by atoms with Gasteiger partial charge in [0.1, 0.15) is 5.75 Å². The van der Waals surface area contributed by atoms with E-state index in [9.17, 15) is 0 Å². The second-order valence-electron chi connectivity index (χ2n) is 7.30. The van der Waals surface area contributed by atoms with Gasteiger partial charge in [-0.05, 0) is 55.8 Å². The molecular weight excluding hydrogens is 388 g/mol. The Hall–Kier alpha value is -2.57. The number of benzene rings is 2. The van der Waals surface area contributed by atoms with E-state index in [2.05, 4.69) is 46.0 Å². The first-order valence-electron chi connectivity index (χ1n) is 9.78. The molecule has 1 fully saturated rings. The quantitative estimate of drug-likeness (QED) is 0.610. The number of rotatable bonds is 5. The fourth-order valence-corrected chi connectivity index (χ4v) is 3.85. The van der Waals surface area contributed by atoms with Crippen molar-refractivity contribution in [1.29, 1.82) is 0 Å². The van der Waals surface area contributed by atoms with Crippen molar-refractivity contribution >= 4 is 17.3 Å². The van der Waals surface area contributed by atoms with Gasteiger partial charge >= 0.3 is 0 Å². The van der Waals surface area contributed by atoms with Gasteiger partial charge in [0.2, 0.25) is 11.8 Å². The third-order valence-corrected chi connectivity index (χ3v) is 5.74. The van der Waals surface area contributed by atoms with Crippen LogP contribution in [0.2, 0.25) is 5.02 Å². The van der Waals surface area contributed by atoms with Gasteiger partial charge in [0.15, 0.2) is 0 Å². The highest BCUT2D eigenvalue weighted by molar-refractivity contribution is 6.30. The Kier molecular flexibility index (Phi) is 5.74. The first-order valence-corrected chi connectivity index (χ1v) is 10.2. The average molecular weight is 413 g/mol. The van der Waals surface area contributed by atoms with Gasteiger partial charge in [-0.1, -0.05) is 17.7 Å². The van der Waals surface area contributed by atoms with E-state index in [4.69, 9.17) is 20.8 Å². The number of aryl methyl sites for hydroxylation is 1. The molecule has 0 bridgehead atoms. The number of aromatic nitrogens is 2. The smallest absolute Gasteiger partial charge is 0.247 e. The van der Waals surface area contributed by atoms with Crippen molar-refractivity contribution in [2.24, 2.45) is 0 Å². The van der Waals surface area contributed by atoms with Crippen molar-refractivity contribution in [3.63, 3.8) is 0 Å². The van der Waals surface area contributed by atoms with Crippen LogP contribution >= 0.6 is 11.6 Å². The number of piperazine rings is 1. The number of halogens is 1. The van der Waals surface area contributed by atoms with E-state index in [0.717, 1.165) is 42.5 Å². The van der Waals surface area contributed by atoms with E-state index >= 15 is 0 Å². The fourth-order valence-electron chi connectivity index (χ4n) is 3.68. The summed E-state index contributed by atoms with van der Waals surface area (Å²) in [5, 5.41) is 9.30. The van der Waals surface area contributed by atoms with Gasteiger partial charge in [-0.25, -0.2) is 0 Å². The SMILES string of the molecule is COc1ccc(-c2nnc([C@H](C)N3CCN(c4cc(Cl)ccc4C)CC3)o2)cc1. The van der Waals surface area contributed by atoms with E-state index in [1.807, 2.05) is 30.3 Å². The van der Waals surface area contributed by atoms with Crippen LogP contribution in [0, 0.1) is 6.92 Å². The first-order chi connectivity index (χ1) is 14.0. The molecule has 29 heavy (non-hydrogen) atoms. The number of anilines is 1. The Morgan fingerprint density at radius 1 is 1.03 bits per heavy atom. The van der Waals surface area contributed by atoms with Gasteiger partial charge in [-0.15, -0.1) is 10.2 Å². The zero-order valence-electron chi connectivity index (χ0n) is 16.9. The molecule has 1 aliphatic heterocycles. The predicted molar refractivity (Wildman–Crippen MR) is 115 cm³/mol. The Bertz CT molecular complexity index is 965. The summed E-state index contributed by atoms with van der Waals surface area (Å²) in [7, 11) is 1.65. The molecule has 6 nitrogen and oxygen atoms in total. The van der Waals surface area contributed by atoms with Crippen LogP contribution in [-0.4, -0.2) is 48.4 Å². The summed E-state index contributed by atoms with van der Waals surface area (Å²) < 4.78 is 11.2. The van der Waals surface area contributed by atoms with Gasteiger partial charge < -0.3 is 14.1 Å². The highest BCUT2D eigenvalue weighted by Gasteiger charge is 2.26. The number of nitrogens with zero attached hydrogens (tertiary/aromatic N) is 4. The normalized spacial score (nSPS) is 16.1. The molecule has 0 amide bonds. The van der Waals surface area contributed by atoms with Crippen molar-refractivity contribution < 1.29 is 9.15 Å². The fraction of sp³-hybridized carbons (Fsp3) is 0.364. The van der Waals surface area contributed by atoms with Crippen molar-refractivity contribution in [3.05, 3.63) is 58.9 Å². The van der Waals surface area contributed by atoms with Gasteiger partial charge in [-0.2, -0.15) is 0 Å². The lowest BCUT2D eigenvalue weighted by Crippen LogP contribution is -2.47. The summed E-state index contributed by atoms with van der Waals surface area (Å²) in [6.45, 7) is 7.96. The molecule has 0 unspecified atom stereocenters. The summed E-state index contributed by atoms with van der Waals surface area (Å²) in [6, 6.07) is 13.8. The van der Waals surface area contributed by atoms with Gasteiger partial charge in [-0.3, -0.25) is 4.90 Å². The van der Waals surface area contributed by atoms with Crippen LogP contribution in [0.1, 0.15) is 24.4 Å². The summed E-state index contributed by atoms with van der Waals surface area (Å²) in [5.74, 6) is 1.97. The molecule has 0 radical (unpaired) electrons. The second kappa shape index (κ2) is 8.43. The molecule has 0 spiro atoms. The maximum absolute atomic E-state index is 6.19. The van der Waals surface area contributed by atoms with Crippen molar-refractivity contribution in [3.8, 4) is 17.2 Å². The monoisotopic (exact) mass is 412 g/mol. The zero-order chi connectivity index (χ0) is 20.4.